The van der Waals surface area contributed by atoms with Crippen molar-refractivity contribution in [3.8, 4) is 6.07 Å². The van der Waals surface area contributed by atoms with Crippen LogP contribution in [0.3, 0.4) is 0 Å². The second-order valence-corrected chi connectivity index (χ2v) is 3.97. The van der Waals surface area contributed by atoms with Gasteiger partial charge in [-0.1, -0.05) is 0 Å². The molecule has 0 aliphatic heterocycles. The zero-order chi connectivity index (χ0) is 13.5. The fourth-order valence-electron chi connectivity index (χ4n) is 1.41. The van der Waals surface area contributed by atoms with Crippen molar-refractivity contribution in [2.45, 2.75) is 19.9 Å². The molecule has 0 bridgehead atoms. The van der Waals surface area contributed by atoms with E-state index in [9.17, 15) is 4.79 Å². The minimum absolute atomic E-state index is 0.0102. The van der Waals surface area contributed by atoms with Gasteiger partial charge in [-0.3, -0.25) is 4.79 Å². The molecule has 0 radical (unpaired) electrons. The van der Waals surface area contributed by atoms with Gasteiger partial charge in [-0.15, -0.1) is 0 Å². The number of ether oxygens (including phenoxy) is 1. The lowest BCUT2D eigenvalue weighted by Gasteiger charge is -2.11. The predicted molar refractivity (Wildman–Crippen MR) is 66.5 cm³/mol. The van der Waals surface area contributed by atoms with Crippen LogP contribution in [0, 0.1) is 18.3 Å². The predicted octanol–water partition coefficient (Wildman–Crippen LogP) is 1.65. The summed E-state index contributed by atoms with van der Waals surface area (Å²) < 4.78 is 10.1. The molecule has 0 aliphatic carbocycles. The summed E-state index contributed by atoms with van der Waals surface area (Å²) in [5.74, 6) is 0.0824. The van der Waals surface area contributed by atoms with E-state index in [4.69, 9.17) is 14.4 Å². The first-order valence-electron chi connectivity index (χ1n) is 5.54. The third-order valence-electron chi connectivity index (χ3n) is 2.34. The van der Waals surface area contributed by atoms with Crippen LogP contribution in [-0.2, 0) is 9.53 Å². The largest absolute Gasteiger partial charge is 0.465 e. The number of nitrogens with zero attached hydrogens (tertiary/aromatic N) is 1. The smallest absolute Gasteiger partial charge is 0.262 e. The van der Waals surface area contributed by atoms with Crippen molar-refractivity contribution in [2.75, 3.05) is 13.7 Å². The Kier molecular flexibility index (Phi) is 5.15. The van der Waals surface area contributed by atoms with Gasteiger partial charge in [0.25, 0.3) is 5.91 Å². The van der Waals surface area contributed by atoms with Crippen LogP contribution in [-0.4, -0.2) is 25.7 Å². The SMILES string of the molecule is COCC(C)NC(=O)/C(C#N)=C\c1occc1C. The zero-order valence-corrected chi connectivity index (χ0v) is 10.7. The van der Waals surface area contributed by atoms with E-state index >= 15 is 0 Å². The molecule has 1 N–H and O–H groups in total. The van der Waals surface area contributed by atoms with Gasteiger partial charge in [0.15, 0.2) is 0 Å². The maximum Gasteiger partial charge on any atom is 0.262 e. The van der Waals surface area contributed by atoms with Crippen LogP contribution in [0.4, 0.5) is 0 Å². The second kappa shape index (κ2) is 6.62. The molecular formula is C13H16N2O3. The first-order valence-corrected chi connectivity index (χ1v) is 5.54. The molecule has 0 fully saturated rings. The molecule has 0 saturated heterocycles. The highest BCUT2D eigenvalue weighted by molar-refractivity contribution is 6.01. The number of methoxy groups -OCH3 is 1. The summed E-state index contributed by atoms with van der Waals surface area (Å²) in [6.45, 7) is 4.04. The van der Waals surface area contributed by atoms with Gasteiger partial charge in [0.05, 0.1) is 12.9 Å². The Morgan fingerprint density at radius 3 is 2.94 bits per heavy atom. The summed E-state index contributed by atoms with van der Waals surface area (Å²) in [6, 6.07) is 3.48. The van der Waals surface area contributed by atoms with Gasteiger partial charge in [-0.25, -0.2) is 0 Å². The topological polar surface area (TPSA) is 75.3 Å². The Morgan fingerprint density at radius 2 is 2.44 bits per heavy atom. The number of rotatable bonds is 5. The third-order valence-corrected chi connectivity index (χ3v) is 2.34. The normalized spacial score (nSPS) is 12.9. The van der Waals surface area contributed by atoms with E-state index < -0.39 is 5.91 Å². The third kappa shape index (κ3) is 3.75. The Labute approximate surface area is 106 Å². The van der Waals surface area contributed by atoms with Gasteiger partial charge < -0.3 is 14.5 Å². The van der Waals surface area contributed by atoms with Crippen LogP contribution in [0.5, 0.6) is 0 Å². The van der Waals surface area contributed by atoms with E-state index in [1.54, 1.807) is 20.1 Å². The van der Waals surface area contributed by atoms with Gasteiger partial charge >= 0.3 is 0 Å². The van der Waals surface area contributed by atoms with Crippen molar-refractivity contribution in [1.29, 1.82) is 5.26 Å². The van der Waals surface area contributed by atoms with Crippen LogP contribution in [0.1, 0.15) is 18.2 Å². The zero-order valence-electron chi connectivity index (χ0n) is 10.7. The Balaban J connectivity index is 2.79. The monoisotopic (exact) mass is 248 g/mol. The standard InChI is InChI=1S/C13H16N2O3/c1-9-4-5-18-12(9)6-11(7-14)13(16)15-10(2)8-17-3/h4-6,10H,8H2,1-3H3,(H,15,16)/b11-6-. The van der Waals surface area contributed by atoms with Gasteiger partial charge in [0.1, 0.15) is 17.4 Å². The van der Waals surface area contributed by atoms with Crippen molar-refractivity contribution in [2.24, 2.45) is 0 Å². The highest BCUT2D eigenvalue weighted by atomic mass is 16.5. The van der Waals surface area contributed by atoms with Gasteiger partial charge in [0, 0.05) is 19.2 Å². The number of aryl methyl sites for hydroxylation is 1. The molecule has 1 amide bonds. The van der Waals surface area contributed by atoms with Crippen LogP contribution in [0.25, 0.3) is 6.08 Å². The Morgan fingerprint density at radius 1 is 1.72 bits per heavy atom. The molecule has 1 aromatic rings. The summed E-state index contributed by atoms with van der Waals surface area (Å²) in [4.78, 5) is 11.8. The van der Waals surface area contributed by atoms with Crippen LogP contribution in [0.2, 0.25) is 0 Å². The number of hydrogen-bond donors (Lipinski definition) is 1. The van der Waals surface area contributed by atoms with Gasteiger partial charge in [-0.05, 0) is 25.5 Å². The minimum Gasteiger partial charge on any atom is -0.465 e. The van der Waals surface area contributed by atoms with Crippen molar-refractivity contribution < 1.29 is 13.9 Å². The molecule has 96 valence electrons. The summed E-state index contributed by atoms with van der Waals surface area (Å²) in [6.07, 6.45) is 2.95. The Bertz CT molecular complexity index is 483. The average molecular weight is 248 g/mol. The van der Waals surface area contributed by atoms with Crippen LogP contribution >= 0.6 is 0 Å². The lowest BCUT2D eigenvalue weighted by Crippen LogP contribution is -2.36. The Hall–Kier alpha value is -2.06. The fourth-order valence-corrected chi connectivity index (χ4v) is 1.41. The minimum atomic E-state index is -0.433. The molecule has 18 heavy (non-hydrogen) atoms. The number of nitrogens with one attached hydrogen (secondary N) is 1. The molecule has 1 atom stereocenters. The molecule has 1 aromatic heterocycles. The highest BCUT2D eigenvalue weighted by Gasteiger charge is 2.13. The summed E-state index contributed by atoms with van der Waals surface area (Å²) in [5.41, 5.74) is 0.886. The van der Waals surface area contributed by atoms with Crippen molar-refractivity contribution in [1.82, 2.24) is 5.32 Å². The molecule has 0 aromatic carbocycles. The molecule has 5 heteroatoms. The highest BCUT2D eigenvalue weighted by Crippen LogP contribution is 2.13. The number of hydrogen-bond acceptors (Lipinski definition) is 4. The van der Waals surface area contributed by atoms with Crippen molar-refractivity contribution in [3.63, 3.8) is 0 Å². The van der Waals surface area contributed by atoms with E-state index in [0.717, 1.165) is 5.56 Å². The lowest BCUT2D eigenvalue weighted by atomic mass is 10.2. The summed E-state index contributed by atoms with van der Waals surface area (Å²) >= 11 is 0. The van der Waals surface area contributed by atoms with E-state index in [1.807, 2.05) is 13.0 Å². The van der Waals surface area contributed by atoms with Gasteiger partial charge in [0.2, 0.25) is 0 Å². The number of carbonyl (C=O) groups excluding carboxylic acids is 1. The first kappa shape index (κ1) is 14.0. The van der Waals surface area contributed by atoms with Crippen molar-refractivity contribution in [3.05, 3.63) is 29.2 Å². The van der Waals surface area contributed by atoms with Gasteiger partial charge in [-0.2, -0.15) is 5.26 Å². The van der Waals surface area contributed by atoms with Crippen LogP contribution in [0.15, 0.2) is 22.3 Å². The molecule has 1 heterocycles. The summed E-state index contributed by atoms with van der Waals surface area (Å²) in [7, 11) is 1.55. The summed E-state index contributed by atoms with van der Waals surface area (Å²) in [5, 5.41) is 11.6. The maximum absolute atomic E-state index is 11.8. The average Bonchev–Trinajstić information content (AvgIpc) is 2.71. The molecule has 1 rings (SSSR count). The lowest BCUT2D eigenvalue weighted by molar-refractivity contribution is -0.117. The molecular weight excluding hydrogens is 232 g/mol. The molecule has 0 spiro atoms. The molecule has 1 unspecified atom stereocenters. The van der Waals surface area contributed by atoms with E-state index in [-0.39, 0.29) is 11.6 Å². The molecule has 0 aliphatic rings. The number of amides is 1. The molecule has 0 saturated carbocycles. The van der Waals surface area contributed by atoms with E-state index in [0.29, 0.717) is 12.4 Å². The van der Waals surface area contributed by atoms with E-state index in [2.05, 4.69) is 5.32 Å². The number of carbonyl (C=O) groups is 1. The quantitative estimate of drug-likeness (QED) is 0.635. The number of nitriles is 1. The van der Waals surface area contributed by atoms with E-state index in [1.165, 1.54) is 12.3 Å². The number of furan rings is 1. The fraction of sp³-hybridized carbons (Fsp3) is 0.385. The van der Waals surface area contributed by atoms with Crippen LogP contribution < -0.4 is 5.32 Å². The maximum atomic E-state index is 11.8. The first-order chi connectivity index (χ1) is 8.58. The second-order valence-electron chi connectivity index (χ2n) is 3.97. The molecule has 5 nitrogen and oxygen atoms in total. The van der Waals surface area contributed by atoms with Crippen molar-refractivity contribution >= 4 is 12.0 Å².